The number of benzene rings is 3. The summed E-state index contributed by atoms with van der Waals surface area (Å²) < 4.78 is 13.8. The monoisotopic (exact) mass is 328 g/mol. The summed E-state index contributed by atoms with van der Waals surface area (Å²) in [5.74, 6) is 0. The fourth-order valence-corrected chi connectivity index (χ4v) is 4.79. The zero-order chi connectivity index (χ0) is 13.0. The molecule has 0 aliphatic carbocycles. The van der Waals surface area contributed by atoms with Gasteiger partial charge in [-0.3, -0.25) is 0 Å². The van der Waals surface area contributed by atoms with E-state index in [1.54, 1.807) is 0 Å². The lowest BCUT2D eigenvalue weighted by molar-refractivity contribution is 0.685. The minimum atomic E-state index is -1.08. The Kier molecular flexibility index (Phi) is 2.41. The molecule has 1 heterocycles. The first kappa shape index (κ1) is 11.4. The quantitative estimate of drug-likeness (QED) is 0.455. The number of rotatable bonds is 0. The van der Waals surface area contributed by atoms with E-state index >= 15 is 0 Å². The molecule has 1 aliphatic rings. The summed E-state index contributed by atoms with van der Waals surface area (Å²) in [5.41, 5.74) is 2.17. The third kappa shape index (κ3) is 1.49. The molecule has 0 amide bonds. The molecule has 92 valence electrons. The number of halogens is 1. The summed E-state index contributed by atoms with van der Waals surface area (Å²) in [6.45, 7) is 0. The Balaban J connectivity index is 2.22. The largest absolute Gasteiger partial charge is 0.249 e. The third-order valence-corrected chi connectivity index (χ3v) is 5.73. The van der Waals surface area contributed by atoms with E-state index in [9.17, 15) is 4.21 Å². The number of hydrogen-bond donors (Lipinski definition) is 0. The Bertz CT molecular complexity index is 854. The Morgan fingerprint density at radius 3 is 2.37 bits per heavy atom. The second-order valence-electron chi connectivity index (χ2n) is 4.55. The van der Waals surface area contributed by atoms with Gasteiger partial charge < -0.3 is 0 Å². The van der Waals surface area contributed by atoms with Crippen molar-refractivity contribution in [2.45, 2.75) is 9.79 Å². The van der Waals surface area contributed by atoms with Gasteiger partial charge in [0.25, 0.3) is 0 Å². The first-order chi connectivity index (χ1) is 9.27. The summed E-state index contributed by atoms with van der Waals surface area (Å²) in [6, 6.07) is 18.1. The van der Waals surface area contributed by atoms with Crippen LogP contribution in [0.3, 0.4) is 0 Å². The Labute approximate surface area is 121 Å². The third-order valence-electron chi connectivity index (χ3n) is 3.51. The van der Waals surface area contributed by atoms with Crippen LogP contribution in [0.2, 0.25) is 0 Å². The fourth-order valence-electron chi connectivity index (χ4n) is 2.67. The molecule has 0 saturated heterocycles. The highest BCUT2D eigenvalue weighted by molar-refractivity contribution is 9.10. The van der Waals surface area contributed by atoms with Crippen molar-refractivity contribution < 1.29 is 4.21 Å². The molecule has 1 nitrogen and oxygen atoms in total. The SMILES string of the molecule is O=S1c2ccccc2-c2cc(Br)c3ccccc3c21. The minimum Gasteiger partial charge on any atom is -0.249 e. The van der Waals surface area contributed by atoms with Crippen LogP contribution in [0, 0.1) is 0 Å². The molecular weight excluding hydrogens is 320 g/mol. The molecule has 0 saturated carbocycles. The zero-order valence-corrected chi connectivity index (χ0v) is 12.3. The first-order valence-corrected chi connectivity index (χ1v) is 7.94. The predicted molar refractivity (Wildman–Crippen MR) is 81.8 cm³/mol. The molecule has 3 aromatic carbocycles. The molecule has 1 unspecified atom stereocenters. The van der Waals surface area contributed by atoms with E-state index in [2.05, 4.69) is 28.1 Å². The molecule has 4 rings (SSSR count). The lowest BCUT2D eigenvalue weighted by Crippen LogP contribution is -1.88. The topological polar surface area (TPSA) is 17.1 Å². The summed E-state index contributed by atoms with van der Waals surface area (Å²) in [4.78, 5) is 1.86. The maximum absolute atomic E-state index is 12.7. The van der Waals surface area contributed by atoms with E-state index < -0.39 is 10.8 Å². The van der Waals surface area contributed by atoms with Crippen LogP contribution in [0.1, 0.15) is 0 Å². The molecular formula is C16H9BrOS. The van der Waals surface area contributed by atoms with E-state index in [1.807, 2.05) is 42.5 Å². The molecule has 0 spiro atoms. The van der Waals surface area contributed by atoms with E-state index in [0.29, 0.717) is 0 Å². The van der Waals surface area contributed by atoms with Gasteiger partial charge in [-0.15, -0.1) is 0 Å². The van der Waals surface area contributed by atoms with E-state index in [1.165, 1.54) is 0 Å². The summed E-state index contributed by atoms with van der Waals surface area (Å²) >= 11 is 3.62. The molecule has 0 bridgehead atoms. The molecule has 19 heavy (non-hydrogen) atoms. The van der Waals surface area contributed by atoms with Gasteiger partial charge in [0.2, 0.25) is 0 Å². The second kappa shape index (κ2) is 4.02. The van der Waals surface area contributed by atoms with Crippen LogP contribution < -0.4 is 0 Å². The molecule has 3 aromatic rings. The average molecular weight is 329 g/mol. The highest BCUT2D eigenvalue weighted by atomic mass is 79.9. The van der Waals surface area contributed by atoms with Crippen LogP contribution in [-0.4, -0.2) is 4.21 Å². The van der Waals surface area contributed by atoms with Crippen molar-refractivity contribution in [3.63, 3.8) is 0 Å². The number of hydrogen-bond acceptors (Lipinski definition) is 1. The van der Waals surface area contributed by atoms with Gasteiger partial charge in [0.15, 0.2) is 0 Å². The van der Waals surface area contributed by atoms with Crippen molar-refractivity contribution in [1.82, 2.24) is 0 Å². The Morgan fingerprint density at radius 1 is 0.842 bits per heavy atom. The van der Waals surface area contributed by atoms with Crippen molar-refractivity contribution in [2.75, 3.05) is 0 Å². The lowest BCUT2D eigenvalue weighted by Gasteiger charge is -2.07. The van der Waals surface area contributed by atoms with Crippen molar-refractivity contribution in [1.29, 1.82) is 0 Å². The van der Waals surface area contributed by atoms with Gasteiger partial charge in [-0.25, -0.2) is 4.21 Å². The zero-order valence-electron chi connectivity index (χ0n) is 9.89. The summed E-state index contributed by atoms with van der Waals surface area (Å²) in [5, 5.41) is 2.18. The molecule has 0 radical (unpaired) electrons. The highest BCUT2D eigenvalue weighted by Crippen LogP contribution is 2.46. The minimum absolute atomic E-state index is 0.917. The lowest BCUT2D eigenvalue weighted by atomic mass is 10.0. The maximum atomic E-state index is 12.7. The molecule has 3 heteroatoms. The Morgan fingerprint density at radius 2 is 1.53 bits per heavy atom. The van der Waals surface area contributed by atoms with Gasteiger partial charge in [-0.1, -0.05) is 58.4 Å². The van der Waals surface area contributed by atoms with Crippen molar-refractivity contribution in [2.24, 2.45) is 0 Å². The molecule has 0 N–H and O–H groups in total. The summed E-state index contributed by atoms with van der Waals surface area (Å²) in [6.07, 6.45) is 0. The summed E-state index contributed by atoms with van der Waals surface area (Å²) in [7, 11) is -1.08. The molecule has 1 aliphatic heterocycles. The van der Waals surface area contributed by atoms with E-state index in [4.69, 9.17) is 0 Å². The average Bonchev–Trinajstić information content (AvgIpc) is 2.73. The number of fused-ring (bicyclic) bond motifs is 5. The van der Waals surface area contributed by atoms with Crippen molar-refractivity contribution in [3.8, 4) is 11.1 Å². The van der Waals surface area contributed by atoms with Crippen LogP contribution >= 0.6 is 15.9 Å². The van der Waals surface area contributed by atoms with Crippen LogP contribution in [0.4, 0.5) is 0 Å². The Hall–Kier alpha value is -1.45. The van der Waals surface area contributed by atoms with Crippen LogP contribution in [0.15, 0.2) is 68.9 Å². The van der Waals surface area contributed by atoms with Crippen LogP contribution in [0.25, 0.3) is 21.9 Å². The van der Waals surface area contributed by atoms with Gasteiger partial charge in [-0.2, -0.15) is 0 Å². The van der Waals surface area contributed by atoms with E-state index in [0.717, 1.165) is 36.2 Å². The second-order valence-corrected chi connectivity index (χ2v) is 6.79. The van der Waals surface area contributed by atoms with Crippen LogP contribution in [-0.2, 0) is 10.8 Å². The fraction of sp³-hybridized carbons (Fsp3) is 0. The predicted octanol–water partition coefficient (Wildman–Crippen LogP) is 4.75. The van der Waals surface area contributed by atoms with Gasteiger partial charge in [-0.05, 0) is 28.5 Å². The normalized spacial score (nSPS) is 16.4. The van der Waals surface area contributed by atoms with Gasteiger partial charge in [0.05, 0.1) is 20.6 Å². The van der Waals surface area contributed by atoms with Crippen LogP contribution in [0.5, 0.6) is 0 Å². The maximum Gasteiger partial charge on any atom is 0.0868 e. The van der Waals surface area contributed by atoms with Crippen molar-refractivity contribution >= 4 is 37.5 Å². The van der Waals surface area contributed by atoms with E-state index in [-0.39, 0.29) is 0 Å². The molecule has 1 atom stereocenters. The van der Waals surface area contributed by atoms with Gasteiger partial charge in [0, 0.05) is 10.0 Å². The highest BCUT2D eigenvalue weighted by Gasteiger charge is 2.27. The smallest absolute Gasteiger partial charge is 0.0868 e. The standard InChI is InChI=1S/C16H9BrOS/c17-14-9-13-11-6-3-4-8-15(11)19(18)16(13)12-7-2-1-5-10(12)14/h1-9H. The molecule has 0 aromatic heterocycles. The van der Waals surface area contributed by atoms with Gasteiger partial charge in [0.1, 0.15) is 0 Å². The first-order valence-electron chi connectivity index (χ1n) is 6.00. The van der Waals surface area contributed by atoms with Crippen molar-refractivity contribution in [3.05, 3.63) is 59.1 Å². The van der Waals surface area contributed by atoms with Gasteiger partial charge >= 0.3 is 0 Å². The molecule has 0 fully saturated rings.